The van der Waals surface area contributed by atoms with Crippen LogP contribution in [-0.2, 0) is 10.0 Å². The third kappa shape index (κ3) is 10.1. The van der Waals surface area contributed by atoms with Gasteiger partial charge in [0.2, 0.25) is 10.0 Å². The van der Waals surface area contributed by atoms with E-state index in [1.807, 2.05) is 6.07 Å². The molecule has 0 fully saturated rings. The van der Waals surface area contributed by atoms with E-state index in [4.69, 9.17) is 0 Å². The molecule has 1 aromatic rings. The third-order valence-corrected chi connectivity index (χ3v) is 5.16. The van der Waals surface area contributed by atoms with E-state index in [-0.39, 0.29) is 0 Å². The molecule has 0 heterocycles. The van der Waals surface area contributed by atoms with Crippen LogP contribution in [-0.4, -0.2) is 44.3 Å². The van der Waals surface area contributed by atoms with Crippen molar-refractivity contribution in [2.24, 2.45) is 0 Å². The summed E-state index contributed by atoms with van der Waals surface area (Å²) in [6.45, 7) is 7.57. The number of nitrogens with zero attached hydrogens (tertiary/aromatic N) is 1. The zero-order valence-electron chi connectivity index (χ0n) is 16.6. The summed E-state index contributed by atoms with van der Waals surface area (Å²) in [4.78, 5) is 2.44. The highest BCUT2D eigenvalue weighted by molar-refractivity contribution is 7.92. The number of nitrogens with one attached hydrogen (secondary N) is 1. The topological polar surface area (TPSA) is 69.6 Å². The van der Waals surface area contributed by atoms with Crippen molar-refractivity contribution in [1.29, 1.82) is 0 Å². The van der Waals surface area contributed by atoms with Crippen LogP contribution in [0, 0.1) is 0 Å². The van der Waals surface area contributed by atoms with Crippen LogP contribution in [0.4, 0.5) is 5.69 Å². The molecule has 0 spiro atoms. The predicted octanol–water partition coefficient (Wildman–Crippen LogP) is 4.16. The highest BCUT2D eigenvalue weighted by Crippen LogP contribution is 2.22. The zero-order chi connectivity index (χ0) is 19.4. The van der Waals surface area contributed by atoms with Crippen molar-refractivity contribution in [2.75, 3.05) is 30.6 Å². The summed E-state index contributed by atoms with van der Waals surface area (Å²) in [7, 11) is -3.30. The number of benzene rings is 1. The van der Waals surface area contributed by atoms with Crippen LogP contribution in [0.2, 0.25) is 0 Å². The Morgan fingerprint density at radius 3 is 2.42 bits per heavy atom. The summed E-state index contributed by atoms with van der Waals surface area (Å²) < 4.78 is 25.1. The van der Waals surface area contributed by atoms with Gasteiger partial charge in [-0.3, -0.25) is 4.72 Å². The van der Waals surface area contributed by atoms with E-state index >= 15 is 0 Å². The first-order valence-electron chi connectivity index (χ1n) is 9.84. The van der Waals surface area contributed by atoms with E-state index in [1.54, 1.807) is 18.2 Å². The summed E-state index contributed by atoms with van der Waals surface area (Å²) in [5.41, 5.74) is 1.24. The molecule has 26 heavy (non-hydrogen) atoms. The summed E-state index contributed by atoms with van der Waals surface area (Å²) >= 11 is 0. The van der Waals surface area contributed by atoms with Crippen molar-refractivity contribution >= 4 is 15.7 Å². The lowest BCUT2D eigenvalue weighted by molar-refractivity contribution is 0.155. The van der Waals surface area contributed by atoms with Crippen molar-refractivity contribution < 1.29 is 13.5 Å². The van der Waals surface area contributed by atoms with Gasteiger partial charge in [-0.15, -0.1) is 0 Å². The molecular formula is C20H36N2O3S. The number of unbranched alkanes of at least 4 members (excludes halogenated alkanes) is 4. The van der Waals surface area contributed by atoms with E-state index in [1.165, 1.54) is 32.1 Å². The molecule has 2 N–H and O–H groups in total. The first kappa shape index (κ1) is 22.9. The molecule has 0 amide bonds. The maximum absolute atomic E-state index is 11.3. The molecule has 0 aromatic heterocycles. The van der Waals surface area contributed by atoms with Gasteiger partial charge in [-0.05, 0) is 56.6 Å². The second kappa shape index (κ2) is 12.3. The Labute approximate surface area is 159 Å². The van der Waals surface area contributed by atoms with E-state index in [0.29, 0.717) is 12.1 Å². The van der Waals surface area contributed by atoms with Gasteiger partial charge >= 0.3 is 0 Å². The summed E-state index contributed by atoms with van der Waals surface area (Å²) in [6.07, 6.45) is 8.62. The van der Waals surface area contributed by atoms with E-state index in [9.17, 15) is 13.5 Å². The van der Waals surface area contributed by atoms with Crippen LogP contribution in [0.3, 0.4) is 0 Å². The largest absolute Gasteiger partial charge is 0.388 e. The van der Waals surface area contributed by atoms with Crippen molar-refractivity contribution in [2.45, 2.75) is 64.9 Å². The highest BCUT2D eigenvalue weighted by Gasteiger charge is 2.11. The third-order valence-electron chi connectivity index (χ3n) is 4.55. The van der Waals surface area contributed by atoms with Crippen LogP contribution >= 0.6 is 0 Å². The zero-order valence-corrected chi connectivity index (χ0v) is 17.4. The molecule has 0 aliphatic rings. The Bertz CT molecular complexity index is 605. The van der Waals surface area contributed by atoms with Crippen molar-refractivity contribution in [3.05, 3.63) is 29.8 Å². The van der Waals surface area contributed by atoms with Crippen LogP contribution in [0.1, 0.15) is 70.5 Å². The van der Waals surface area contributed by atoms with Crippen LogP contribution in [0.5, 0.6) is 0 Å². The monoisotopic (exact) mass is 384 g/mol. The minimum Gasteiger partial charge on any atom is -0.388 e. The molecule has 1 aromatic carbocycles. The molecule has 0 bridgehead atoms. The number of sulfonamides is 1. The van der Waals surface area contributed by atoms with Gasteiger partial charge in [0.15, 0.2) is 0 Å². The van der Waals surface area contributed by atoms with Crippen LogP contribution in [0.15, 0.2) is 24.3 Å². The smallest absolute Gasteiger partial charge is 0.229 e. The maximum atomic E-state index is 11.3. The Morgan fingerprint density at radius 1 is 1.08 bits per heavy atom. The Balaban J connectivity index is 2.38. The van der Waals surface area contributed by atoms with Crippen molar-refractivity contribution in [1.82, 2.24) is 4.90 Å². The lowest BCUT2D eigenvalue weighted by Gasteiger charge is -2.21. The molecule has 0 saturated carbocycles. The maximum Gasteiger partial charge on any atom is 0.229 e. The minimum atomic E-state index is -3.30. The van der Waals surface area contributed by atoms with Crippen molar-refractivity contribution in [3.8, 4) is 0 Å². The lowest BCUT2D eigenvalue weighted by atomic mass is 10.0. The molecule has 6 heteroatoms. The molecule has 1 unspecified atom stereocenters. The number of aliphatic hydroxyl groups is 1. The van der Waals surface area contributed by atoms with Crippen LogP contribution in [0.25, 0.3) is 0 Å². The molecule has 0 saturated heterocycles. The molecule has 150 valence electrons. The van der Waals surface area contributed by atoms with Gasteiger partial charge in [0.25, 0.3) is 0 Å². The van der Waals surface area contributed by atoms with Gasteiger partial charge in [-0.1, -0.05) is 51.7 Å². The second-order valence-corrected chi connectivity index (χ2v) is 8.75. The quantitative estimate of drug-likeness (QED) is 0.473. The molecule has 0 aliphatic carbocycles. The Kier molecular flexibility index (Phi) is 10.9. The SMILES string of the molecule is CCCCCCCN(CC)CCCC(O)c1cccc(NS(C)(=O)=O)c1. The number of hydrogen-bond donors (Lipinski definition) is 2. The molecular weight excluding hydrogens is 348 g/mol. The van der Waals surface area contributed by atoms with E-state index in [0.717, 1.165) is 37.9 Å². The second-order valence-electron chi connectivity index (χ2n) is 7.01. The number of hydrogen-bond acceptors (Lipinski definition) is 4. The lowest BCUT2D eigenvalue weighted by Crippen LogP contribution is -2.26. The normalized spacial score (nSPS) is 13.1. The van der Waals surface area contributed by atoms with Gasteiger partial charge in [-0.25, -0.2) is 8.42 Å². The predicted molar refractivity (Wildman–Crippen MR) is 110 cm³/mol. The average molecular weight is 385 g/mol. The van der Waals surface area contributed by atoms with Gasteiger partial charge in [0.05, 0.1) is 12.4 Å². The standard InChI is InChI=1S/C20H36N2O3S/c1-4-6-7-8-9-15-22(5-2)16-11-14-20(23)18-12-10-13-19(17-18)21-26(3,24)25/h10,12-13,17,20-21,23H,4-9,11,14-16H2,1-3H3. The van der Waals surface area contributed by atoms with E-state index < -0.39 is 16.1 Å². The fourth-order valence-electron chi connectivity index (χ4n) is 3.07. The molecule has 1 atom stereocenters. The minimum absolute atomic E-state index is 0.492. The molecule has 0 radical (unpaired) electrons. The van der Waals surface area contributed by atoms with Crippen molar-refractivity contribution in [3.63, 3.8) is 0 Å². The first-order chi connectivity index (χ1) is 12.4. The molecule has 0 aliphatic heterocycles. The Morgan fingerprint density at radius 2 is 1.77 bits per heavy atom. The summed E-state index contributed by atoms with van der Waals surface area (Å²) in [5.74, 6) is 0. The first-order valence-corrected chi connectivity index (χ1v) is 11.7. The van der Waals surface area contributed by atoms with Gasteiger partial charge in [-0.2, -0.15) is 0 Å². The average Bonchev–Trinajstić information content (AvgIpc) is 2.58. The highest BCUT2D eigenvalue weighted by atomic mass is 32.2. The molecule has 1 rings (SSSR count). The number of rotatable bonds is 14. The van der Waals surface area contributed by atoms with Gasteiger partial charge in [0.1, 0.15) is 0 Å². The fraction of sp³-hybridized carbons (Fsp3) is 0.700. The number of aliphatic hydroxyl groups excluding tert-OH is 1. The van der Waals surface area contributed by atoms with E-state index in [2.05, 4.69) is 23.5 Å². The fourth-order valence-corrected chi connectivity index (χ4v) is 3.62. The number of anilines is 1. The van der Waals surface area contributed by atoms with Gasteiger partial charge < -0.3 is 10.0 Å². The molecule has 5 nitrogen and oxygen atoms in total. The van der Waals surface area contributed by atoms with Crippen LogP contribution < -0.4 is 4.72 Å². The van der Waals surface area contributed by atoms with Gasteiger partial charge in [0, 0.05) is 5.69 Å². The Hall–Kier alpha value is -1.11. The summed E-state index contributed by atoms with van der Waals surface area (Å²) in [5, 5.41) is 10.4. The summed E-state index contributed by atoms with van der Waals surface area (Å²) in [6, 6.07) is 7.00.